The van der Waals surface area contributed by atoms with Gasteiger partial charge in [-0.05, 0) is 28.9 Å². The van der Waals surface area contributed by atoms with Crippen molar-refractivity contribution in [3.05, 3.63) is 34.3 Å². The van der Waals surface area contributed by atoms with Crippen LogP contribution in [0.2, 0.25) is 0 Å². The molecule has 12 heavy (non-hydrogen) atoms. The number of nitrogens with two attached hydrogens (primary N) is 1. The van der Waals surface area contributed by atoms with Gasteiger partial charge in [-0.3, -0.25) is 5.14 Å². The highest BCUT2D eigenvalue weighted by atomic mass is 79.9. The van der Waals surface area contributed by atoms with Gasteiger partial charge in [0, 0.05) is 4.47 Å². The second-order valence-electron chi connectivity index (χ2n) is 2.43. The summed E-state index contributed by atoms with van der Waals surface area (Å²) in [6.07, 6.45) is 0. The SMILES string of the molecule is NS(=O)(=S)Cc1ccc(Br)cc1. The molecule has 0 radical (unpaired) electrons. The van der Waals surface area contributed by atoms with E-state index < -0.39 is 8.68 Å². The average molecular weight is 266 g/mol. The Morgan fingerprint density at radius 3 is 2.33 bits per heavy atom. The van der Waals surface area contributed by atoms with Crippen LogP contribution < -0.4 is 5.14 Å². The smallest absolute Gasteiger partial charge is 0.0913 e. The first kappa shape index (κ1) is 10.1. The first-order valence-corrected chi connectivity index (χ1v) is 6.73. The van der Waals surface area contributed by atoms with Crippen LogP contribution >= 0.6 is 15.9 Å². The summed E-state index contributed by atoms with van der Waals surface area (Å²) >= 11 is 7.89. The molecule has 0 saturated heterocycles. The fraction of sp³-hybridized carbons (Fsp3) is 0.143. The van der Waals surface area contributed by atoms with Gasteiger partial charge < -0.3 is 0 Å². The highest BCUT2D eigenvalue weighted by Crippen LogP contribution is 2.11. The Labute approximate surface area is 85.1 Å². The zero-order valence-corrected chi connectivity index (χ0v) is 9.42. The van der Waals surface area contributed by atoms with Crippen LogP contribution in [0.4, 0.5) is 0 Å². The third kappa shape index (κ3) is 3.62. The molecule has 1 atom stereocenters. The number of halogens is 1. The van der Waals surface area contributed by atoms with Crippen LogP contribution in [0.1, 0.15) is 5.56 Å². The average Bonchev–Trinajstić information content (AvgIpc) is 1.91. The molecule has 0 aromatic heterocycles. The number of hydrogen-bond donors (Lipinski definition) is 1. The van der Waals surface area contributed by atoms with Crippen molar-refractivity contribution in [1.82, 2.24) is 0 Å². The van der Waals surface area contributed by atoms with Gasteiger partial charge in [0.05, 0.1) is 14.4 Å². The van der Waals surface area contributed by atoms with Crippen LogP contribution in [0.3, 0.4) is 0 Å². The third-order valence-electron chi connectivity index (χ3n) is 1.28. The van der Waals surface area contributed by atoms with Gasteiger partial charge in [-0.15, -0.1) is 0 Å². The number of benzene rings is 1. The standard InChI is InChI=1S/C7H8BrNOS2/c8-7-3-1-6(2-4-7)5-12(9,10)11/h1-4H,5H2,(H2,9,10,11). The second-order valence-corrected chi connectivity index (χ2v) is 6.66. The van der Waals surface area contributed by atoms with Crippen molar-refractivity contribution in [3.8, 4) is 0 Å². The molecular formula is C7H8BrNOS2. The first-order chi connectivity index (χ1) is 5.47. The maximum absolute atomic E-state index is 11.0. The molecule has 0 aliphatic carbocycles. The lowest BCUT2D eigenvalue weighted by atomic mass is 10.2. The summed E-state index contributed by atoms with van der Waals surface area (Å²) < 4.78 is 12.0. The zero-order chi connectivity index (χ0) is 9.19. The molecule has 1 rings (SSSR count). The van der Waals surface area contributed by atoms with Crippen molar-refractivity contribution >= 4 is 35.8 Å². The maximum atomic E-state index is 11.0. The lowest BCUT2D eigenvalue weighted by Crippen LogP contribution is -2.12. The van der Waals surface area contributed by atoms with E-state index in [1.165, 1.54) is 0 Å². The molecule has 2 N–H and O–H groups in total. The Hall–Kier alpha value is 0.0300. The quantitative estimate of drug-likeness (QED) is 0.883. The predicted octanol–water partition coefficient (Wildman–Crippen LogP) is 1.57. The first-order valence-electron chi connectivity index (χ1n) is 3.22. The molecule has 0 bridgehead atoms. The fourth-order valence-corrected chi connectivity index (χ4v) is 2.14. The monoisotopic (exact) mass is 265 g/mol. The molecule has 0 spiro atoms. The summed E-state index contributed by atoms with van der Waals surface area (Å²) in [4.78, 5) is 0. The van der Waals surface area contributed by atoms with Crippen molar-refractivity contribution in [2.45, 2.75) is 5.75 Å². The Bertz CT molecular complexity index is 357. The van der Waals surface area contributed by atoms with E-state index in [0.29, 0.717) is 0 Å². The fourth-order valence-electron chi connectivity index (χ4n) is 0.813. The van der Waals surface area contributed by atoms with E-state index in [9.17, 15) is 4.21 Å². The van der Waals surface area contributed by atoms with Gasteiger partial charge in [-0.25, -0.2) is 4.21 Å². The van der Waals surface area contributed by atoms with Gasteiger partial charge in [-0.2, -0.15) is 0 Å². The minimum atomic E-state index is -2.57. The van der Waals surface area contributed by atoms with Crippen LogP contribution in [-0.2, 0) is 25.6 Å². The summed E-state index contributed by atoms with van der Waals surface area (Å²) in [5, 5.41) is 5.24. The molecule has 0 heterocycles. The van der Waals surface area contributed by atoms with Crippen LogP contribution in [0.15, 0.2) is 28.7 Å². The van der Waals surface area contributed by atoms with Crippen LogP contribution in [0, 0.1) is 0 Å². The van der Waals surface area contributed by atoms with Gasteiger partial charge in [0.15, 0.2) is 0 Å². The van der Waals surface area contributed by atoms with Crippen molar-refractivity contribution in [1.29, 1.82) is 0 Å². The molecular weight excluding hydrogens is 258 g/mol. The Balaban J connectivity index is 2.85. The van der Waals surface area contributed by atoms with Crippen molar-refractivity contribution < 1.29 is 4.21 Å². The predicted molar refractivity (Wildman–Crippen MR) is 57.5 cm³/mol. The van der Waals surface area contributed by atoms with Crippen molar-refractivity contribution in [2.24, 2.45) is 5.14 Å². The summed E-state index contributed by atoms with van der Waals surface area (Å²) in [5.74, 6) is 0.260. The summed E-state index contributed by atoms with van der Waals surface area (Å²) in [6, 6.07) is 7.44. The van der Waals surface area contributed by atoms with E-state index in [0.717, 1.165) is 10.0 Å². The molecule has 66 valence electrons. The van der Waals surface area contributed by atoms with Gasteiger partial charge in [0.25, 0.3) is 0 Å². The largest absolute Gasteiger partial charge is 0.250 e. The van der Waals surface area contributed by atoms with E-state index >= 15 is 0 Å². The highest BCUT2D eigenvalue weighted by Gasteiger charge is 2.00. The van der Waals surface area contributed by atoms with E-state index in [1.807, 2.05) is 24.3 Å². The van der Waals surface area contributed by atoms with Crippen molar-refractivity contribution in [3.63, 3.8) is 0 Å². The highest BCUT2D eigenvalue weighted by molar-refractivity contribution is 9.10. The number of hydrogen-bond acceptors (Lipinski definition) is 2. The topological polar surface area (TPSA) is 43.1 Å². The molecule has 0 fully saturated rings. The van der Waals surface area contributed by atoms with Gasteiger partial charge in [0.2, 0.25) is 0 Å². The van der Waals surface area contributed by atoms with Crippen LogP contribution in [0.25, 0.3) is 0 Å². The van der Waals surface area contributed by atoms with Crippen LogP contribution in [-0.4, -0.2) is 4.21 Å². The Kier molecular flexibility index (Phi) is 3.22. The molecule has 1 aromatic rings. The zero-order valence-electron chi connectivity index (χ0n) is 6.20. The second kappa shape index (κ2) is 3.83. The molecule has 0 aliphatic rings. The molecule has 5 heteroatoms. The van der Waals surface area contributed by atoms with Gasteiger partial charge in [0.1, 0.15) is 0 Å². The Morgan fingerprint density at radius 2 is 1.92 bits per heavy atom. The molecule has 0 saturated carbocycles. The van der Waals surface area contributed by atoms with E-state index in [4.69, 9.17) is 5.14 Å². The molecule has 0 aliphatic heterocycles. The molecule has 2 nitrogen and oxygen atoms in total. The lowest BCUT2D eigenvalue weighted by molar-refractivity contribution is 0.682. The number of rotatable bonds is 2. The minimum absolute atomic E-state index is 0.260. The Morgan fingerprint density at radius 1 is 1.42 bits per heavy atom. The van der Waals surface area contributed by atoms with Crippen LogP contribution in [0.5, 0.6) is 0 Å². The van der Waals surface area contributed by atoms with Gasteiger partial charge in [-0.1, -0.05) is 28.1 Å². The summed E-state index contributed by atoms with van der Waals surface area (Å²) in [5.41, 5.74) is 0.903. The normalized spacial score (nSPS) is 15.5. The third-order valence-corrected chi connectivity index (χ3v) is 2.90. The minimum Gasteiger partial charge on any atom is -0.250 e. The van der Waals surface area contributed by atoms with E-state index in [-0.39, 0.29) is 5.75 Å². The van der Waals surface area contributed by atoms with Crippen molar-refractivity contribution in [2.75, 3.05) is 0 Å². The maximum Gasteiger partial charge on any atom is 0.0913 e. The molecule has 1 aromatic carbocycles. The lowest BCUT2D eigenvalue weighted by Gasteiger charge is -2.00. The summed E-state index contributed by atoms with van der Waals surface area (Å²) in [6.45, 7) is 0. The van der Waals surface area contributed by atoms with Gasteiger partial charge >= 0.3 is 0 Å². The molecule has 0 amide bonds. The van der Waals surface area contributed by atoms with E-state index in [1.54, 1.807) is 0 Å². The molecule has 1 unspecified atom stereocenters. The summed E-state index contributed by atoms with van der Waals surface area (Å²) in [7, 11) is -2.57. The van der Waals surface area contributed by atoms with E-state index in [2.05, 4.69) is 27.1 Å².